The van der Waals surface area contributed by atoms with Crippen LogP contribution in [0.15, 0.2) is 23.0 Å². The summed E-state index contributed by atoms with van der Waals surface area (Å²) in [4.78, 5) is 23.4. The van der Waals surface area contributed by atoms with Crippen LogP contribution in [-0.4, -0.2) is 22.2 Å². The van der Waals surface area contributed by atoms with Gasteiger partial charge in [0.2, 0.25) is 5.75 Å². The van der Waals surface area contributed by atoms with Crippen molar-refractivity contribution in [2.45, 2.75) is 39.5 Å². The zero-order valence-corrected chi connectivity index (χ0v) is 14.3. The Balaban J connectivity index is 2.31. The molecule has 0 aliphatic carbocycles. The van der Waals surface area contributed by atoms with Crippen molar-refractivity contribution in [2.75, 3.05) is 6.61 Å². The third kappa shape index (κ3) is 3.88. The van der Waals surface area contributed by atoms with E-state index in [1.165, 1.54) is 24.3 Å². The van der Waals surface area contributed by atoms with Gasteiger partial charge in [-0.05, 0) is 18.6 Å². The molecule has 0 atom stereocenters. The SMILES string of the molecule is CCCCCCOc1ccc2c(O)c(OC(C)=O)c(=O)n(C)c2c1. The van der Waals surface area contributed by atoms with Crippen LogP contribution < -0.4 is 15.0 Å². The van der Waals surface area contributed by atoms with Gasteiger partial charge in [0.15, 0.2) is 5.75 Å². The summed E-state index contributed by atoms with van der Waals surface area (Å²) in [5.74, 6) is -0.717. The Labute approximate surface area is 140 Å². The molecule has 0 aliphatic heterocycles. The standard InChI is InChI=1S/C18H23NO5/c1-4-5-6-7-10-23-13-8-9-14-15(11-13)19(3)18(22)17(16(14)21)24-12(2)20/h8-9,11,21H,4-7,10H2,1-3H3. The van der Waals surface area contributed by atoms with Gasteiger partial charge in [-0.2, -0.15) is 0 Å². The number of carbonyl (C=O) groups excluding carboxylic acids is 1. The van der Waals surface area contributed by atoms with Crippen molar-refractivity contribution in [3.05, 3.63) is 28.6 Å². The van der Waals surface area contributed by atoms with Crippen molar-refractivity contribution in [2.24, 2.45) is 7.05 Å². The molecule has 0 unspecified atom stereocenters. The van der Waals surface area contributed by atoms with Crippen LogP contribution in [0, 0.1) is 0 Å². The predicted octanol–water partition coefficient (Wildman–Crippen LogP) is 3.13. The normalized spacial score (nSPS) is 10.8. The molecule has 0 radical (unpaired) electrons. The van der Waals surface area contributed by atoms with Crippen LogP contribution >= 0.6 is 0 Å². The summed E-state index contributed by atoms with van der Waals surface area (Å²) >= 11 is 0. The number of ether oxygens (including phenoxy) is 2. The first-order valence-corrected chi connectivity index (χ1v) is 8.12. The molecule has 6 heteroatoms. The number of carbonyl (C=O) groups is 1. The zero-order chi connectivity index (χ0) is 17.7. The van der Waals surface area contributed by atoms with E-state index < -0.39 is 11.5 Å². The second kappa shape index (κ2) is 7.86. The number of unbranched alkanes of at least 4 members (excludes halogenated alkanes) is 3. The summed E-state index contributed by atoms with van der Waals surface area (Å²) < 4.78 is 11.9. The first-order valence-electron chi connectivity index (χ1n) is 8.12. The predicted molar refractivity (Wildman–Crippen MR) is 91.8 cm³/mol. The van der Waals surface area contributed by atoms with Gasteiger partial charge in [-0.25, -0.2) is 0 Å². The number of esters is 1. The minimum absolute atomic E-state index is 0.335. The lowest BCUT2D eigenvalue weighted by Crippen LogP contribution is -2.21. The Morgan fingerprint density at radius 1 is 1.25 bits per heavy atom. The smallest absolute Gasteiger partial charge is 0.308 e. The highest BCUT2D eigenvalue weighted by Crippen LogP contribution is 2.33. The quantitative estimate of drug-likeness (QED) is 0.622. The van der Waals surface area contributed by atoms with Gasteiger partial charge in [0.25, 0.3) is 5.56 Å². The van der Waals surface area contributed by atoms with Crippen molar-refractivity contribution in [1.82, 2.24) is 4.57 Å². The summed E-state index contributed by atoms with van der Waals surface area (Å²) in [7, 11) is 1.56. The molecule has 0 saturated heterocycles. The molecular weight excluding hydrogens is 310 g/mol. The molecular formula is C18H23NO5. The van der Waals surface area contributed by atoms with Crippen LogP contribution in [0.4, 0.5) is 0 Å². The molecule has 2 aromatic rings. The van der Waals surface area contributed by atoms with Crippen LogP contribution in [0.5, 0.6) is 17.2 Å². The van der Waals surface area contributed by atoms with E-state index in [0.717, 1.165) is 12.8 Å². The number of fused-ring (bicyclic) bond motifs is 1. The van der Waals surface area contributed by atoms with Crippen molar-refractivity contribution >= 4 is 16.9 Å². The molecule has 0 aliphatic rings. The molecule has 1 aromatic heterocycles. The van der Waals surface area contributed by atoms with Gasteiger partial charge in [0, 0.05) is 25.4 Å². The highest BCUT2D eigenvalue weighted by molar-refractivity contribution is 5.89. The van der Waals surface area contributed by atoms with Gasteiger partial charge in [-0.15, -0.1) is 0 Å². The molecule has 6 nitrogen and oxygen atoms in total. The fourth-order valence-corrected chi connectivity index (χ4v) is 2.52. The summed E-state index contributed by atoms with van der Waals surface area (Å²) in [5, 5.41) is 10.7. The average Bonchev–Trinajstić information content (AvgIpc) is 2.56. The third-order valence-corrected chi connectivity index (χ3v) is 3.81. The number of hydrogen-bond donors (Lipinski definition) is 1. The number of nitrogens with zero attached hydrogens (tertiary/aromatic N) is 1. The lowest BCUT2D eigenvalue weighted by Gasteiger charge is -2.13. The maximum absolute atomic E-state index is 12.3. The first-order chi connectivity index (χ1) is 11.5. The second-order valence-electron chi connectivity index (χ2n) is 5.72. The van der Waals surface area contributed by atoms with Crippen molar-refractivity contribution < 1.29 is 19.4 Å². The van der Waals surface area contributed by atoms with Gasteiger partial charge in [-0.1, -0.05) is 26.2 Å². The number of hydrogen-bond acceptors (Lipinski definition) is 5. The molecule has 0 bridgehead atoms. The van der Waals surface area contributed by atoms with Gasteiger partial charge in [0.1, 0.15) is 5.75 Å². The Kier molecular flexibility index (Phi) is 5.84. The number of benzene rings is 1. The Morgan fingerprint density at radius 3 is 2.67 bits per heavy atom. The average molecular weight is 333 g/mol. The lowest BCUT2D eigenvalue weighted by molar-refractivity contribution is -0.132. The van der Waals surface area contributed by atoms with Crippen LogP contribution in [0.3, 0.4) is 0 Å². The molecule has 0 fully saturated rings. The van der Waals surface area contributed by atoms with Gasteiger partial charge >= 0.3 is 5.97 Å². The van der Waals surface area contributed by atoms with Gasteiger partial charge in [-0.3, -0.25) is 9.59 Å². The van der Waals surface area contributed by atoms with Crippen LogP contribution in [0.1, 0.15) is 39.5 Å². The topological polar surface area (TPSA) is 77.8 Å². The Bertz CT molecular complexity index is 794. The second-order valence-corrected chi connectivity index (χ2v) is 5.72. The maximum Gasteiger partial charge on any atom is 0.308 e. The highest BCUT2D eigenvalue weighted by atomic mass is 16.5. The van der Waals surface area contributed by atoms with E-state index in [1.807, 2.05) is 0 Å². The highest BCUT2D eigenvalue weighted by Gasteiger charge is 2.18. The van der Waals surface area contributed by atoms with Crippen LogP contribution in [0.2, 0.25) is 0 Å². The fourth-order valence-electron chi connectivity index (χ4n) is 2.52. The number of aromatic nitrogens is 1. The zero-order valence-electron chi connectivity index (χ0n) is 14.3. The Hall–Kier alpha value is -2.50. The molecule has 1 aromatic carbocycles. The third-order valence-electron chi connectivity index (χ3n) is 3.81. The van der Waals surface area contributed by atoms with E-state index in [0.29, 0.717) is 23.3 Å². The molecule has 1 heterocycles. The number of aromatic hydroxyl groups is 1. The molecule has 0 saturated carbocycles. The molecule has 0 spiro atoms. The van der Waals surface area contributed by atoms with Crippen molar-refractivity contribution in [3.8, 4) is 17.2 Å². The largest absolute Gasteiger partial charge is 0.504 e. The van der Waals surface area contributed by atoms with E-state index in [9.17, 15) is 14.7 Å². The van der Waals surface area contributed by atoms with Gasteiger partial charge < -0.3 is 19.1 Å². The summed E-state index contributed by atoms with van der Waals surface area (Å²) in [5.41, 5.74) is -0.0604. The Morgan fingerprint density at radius 2 is 2.00 bits per heavy atom. The number of aryl methyl sites for hydroxylation is 1. The van der Waals surface area contributed by atoms with Gasteiger partial charge in [0.05, 0.1) is 12.1 Å². The van der Waals surface area contributed by atoms with E-state index in [1.54, 1.807) is 25.2 Å². The monoisotopic (exact) mass is 333 g/mol. The fraction of sp³-hybridized carbons (Fsp3) is 0.444. The molecule has 24 heavy (non-hydrogen) atoms. The molecule has 2 rings (SSSR count). The van der Waals surface area contributed by atoms with E-state index >= 15 is 0 Å². The molecule has 130 valence electrons. The van der Waals surface area contributed by atoms with E-state index in [2.05, 4.69) is 6.92 Å². The first kappa shape index (κ1) is 17.8. The molecule has 1 N–H and O–H groups in total. The summed E-state index contributed by atoms with van der Waals surface area (Å²) in [6.07, 6.45) is 4.45. The summed E-state index contributed by atoms with van der Waals surface area (Å²) in [6.45, 7) is 3.94. The molecule has 0 amide bonds. The van der Waals surface area contributed by atoms with E-state index in [4.69, 9.17) is 9.47 Å². The lowest BCUT2D eigenvalue weighted by atomic mass is 10.1. The number of rotatable bonds is 7. The summed E-state index contributed by atoms with van der Waals surface area (Å²) in [6, 6.07) is 5.08. The minimum atomic E-state index is -0.659. The van der Waals surface area contributed by atoms with Crippen LogP contribution in [-0.2, 0) is 11.8 Å². The van der Waals surface area contributed by atoms with Crippen molar-refractivity contribution in [1.29, 1.82) is 0 Å². The van der Waals surface area contributed by atoms with Crippen molar-refractivity contribution in [3.63, 3.8) is 0 Å². The maximum atomic E-state index is 12.3. The minimum Gasteiger partial charge on any atom is -0.504 e. The van der Waals surface area contributed by atoms with Crippen LogP contribution in [0.25, 0.3) is 10.9 Å². The number of pyridine rings is 1. The van der Waals surface area contributed by atoms with E-state index in [-0.39, 0.29) is 11.5 Å².